The van der Waals surface area contributed by atoms with E-state index < -0.39 is 33.3 Å². The van der Waals surface area contributed by atoms with Crippen molar-refractivity contribution >= 4 is 27.1 Å². The van der Waals surface area contributed by atoms with Crippen LogP contribution >= 0.6 is 0 Å². The Morgan fingerprint density at radius 3 is 2.55 bits per heavy atom. The third kappa shape index (κ3) is 3.91. The van der Waals surface area contributed by atoms with Crippen molar-refractivity contribution in [2.24, 2.45) is 0 Å². The summed E-state index contributed by atoms with van der Waals surface area (Å²) >= 11 is 0. The van der Waals surface area contributed by atoms with E-state index in [9.17, 15) is 23.1 Å². The Morgan fingerprint density at radius 1 is 1.21 bits per heavy atom. The molecule has 2 fully saturated rings. The summed E-state index contributed by atoms with van der Waals surface area (Å²) in [5, 5.41) is 13.4. The van der Waals surface area contributed by atoms with Gasteiger partial charge in [-0.25, -0.2) is 17.7 Å². The molecule has 2 atom stereocenters. The predicted octanol–water partition coefficient (Wildman–Crippen LogP) is -0.598. The molecular weight excluding hydrogens is 400 g/mol. The highest BCUT2D eigenvalue weighted by Gasteiger charge is 2.30. The molecule has 0 aromatic carbocycles. The number of nitrogens with one attached hydrogen (secondary N) is 2. The number of nitrogens with zero attached hydrogens (tertiary/aromatic N) is 4. The van der Waals surface area contributed by atoms with E-state index in [1.807, 2.05) is 0 Å². The summed E-state index contributed by atoms with van der Waals surface area (Å²) < 4.78 is 26.0. The lowest BCUT2D eigenvalue weighted by Gasteiger charge is -2.30. The number of aromatic nitrogens is 4. The van der Waals surface area contributed by atoms with Crippen molar-refractivity contribution in [2.45, 2.75) is 50.3 Å². The van der Waals surface area contributed by atoms with Crippen LogP contribution in [0, 0.1) is 0 Å². The van der Waals surface area contributed by atoms with E-state index >= 15 is 0 Å². The van der Waals surface area contributed by atoms with Crippen LogP contribution in [0.3, 0.4) is 0 Å². The van der Waals surface area contributed by atoms with Crippen LogP contribution in [0.1, 0.15) is 38.1 Å². The molecule has 3 N–H and O–H groups in total. The fourth-order valence-electron chi connectivity index (χ4n) is 4.14. The van der Waals surface area contributed by atoms with Crippen molar-refractivity contribution in [1.82, 2.24) is 23.8 Å². The van der Waals surface area contributed by atoms with Crippen LogP contribution in [0.5, 0.6) is 0 Å². The minimum absolute atomic E-state index is 0.00884. The second kappa shape index (κ2) is 7.50. The van der Waals surface area contributed by atoms with Gasteiger partial charge in [0.05, 0.1) is 24.6 Å². The Morgan fingerprint density at radius 2 is 1.93 bits per heavy atom. The molecule has 0 radical (unpaired) electrons. The largest absolute Gasteiger partial charge is 0.391 e. The van der Waals surface area contributed by atoms with Crippen molar-refractivity contribution in [3.8, 4) is 0 Å². The van der Waals surface area contributed by atoms with Crippen molar-refractivity contribution in [2.75, 3.05) is 24.7 Å². The van der Waals surface area contributed by atoms with E-state index in [2.05, 4.69) is 20.3 Å². The van der Waals surface area contributed by atoms with Crippen LogP contribution in [0.2, 0.25) is 0 Å². The number of fused-ring (bicyclic) bond motifs is 1. The zero-order valence-electron chi connectivity index (χ0n) is 16.0. The molecule has 0 unspecified atom stereocenters. The number of rotatable bonds is 4. The highest BCUT2D eigenvalue weighted by molar-refractivity contribution is 7.88. The van der Waals surface area contributed by atoms with Gasteiger partial charge in [0.1, 0.15) is 5.52 Å². The van der Waals surface area contributed by atoms with Gasteiger partial charge >= 0.3 is 11.1 Å². The fourth-order valence-corrected chi connectivity index (χ4v) is 5.01. The molecule has 1 aliphatic carbocycles. The first-order chi connectivity index (χ1) is 13.7. The SMILES string of the molecule is CS(=O)(=O)N1CCC(Nc2ncc3[nH]c(=O)c(=O)n([C@@H]4CCC[C@H]4O)c3n2)CC1. The molecule has 4 rings (SSSR count). The van der Waals surface area contributed by atoms with Gasteiger partial charge in [-0.3, -0.25) is 14.2 Å². The number of anilines is 1. The second-order valence-corrected chi connectivity index (χ2v) is 9.69. The predicted molar refractivity (Wildman–Crippen MR) is 106 cm³/mol. The lowest BCUT2D eigenvalue weighted by molar-refractivity contribution is 0.136. The van der Waals surface area contributed by atoms with E-state index in [0.717, 1.165) is 6.42 Å². The van der Waals surface area contributed by atoms with Crippen molar-refractivity contribution in [3.63, 3.8) is 0 Å². The lowest BCUT2D eigenvalue weighted by atomic mass is 10.1. The van der Waals surface area contributed by atoms with Gasteiger partial charge in [-0.2, -0.15) is 4.98 Å². The highest BCUT2D eigenvalue weighted by Crippen LogP contribution is 2.30. The molecule has 2 aromatic rings. The van der Waals surface area contributed by atoms with E-state index in [-0.39, 0.29) is 11.7 Å². The molecule has 0 bridgehead atoms. The maximum absolute atomic E-state index is 12.5. The highest BCUT2D eigenvalue weighted by atomic mass is 32.2. The number of piperidine rings is 1. The van der Waals surface area contributed by atoms with Gasteiger partial charge in [0, 0.05) is 19.1 Å². The third-order valence-electron chi connectivity index (χ3n) is 5.69. The third-order valence-corrected chi connectivity index (χ3v) is 6.99. The number of hydrogen-bond acceptors (Lipinski definition) is 8. The second-order valence-electron chi connectivity index (χ2n) is 7.71. The summed E-state index contributed by atoms with van der Waals surface area (Å²) in [5.41, 5.74) is -0.915. The smallest absolute Gasteiger partial charge is 0.318 e. The maximum atomic E-state index is 12.5. The first-order valence-corrected chi connectivity index (χ1v) is 11.5. The molecule has 0 spiro atoms. The van der Waals surface area contributed by atoms with Gasteiger partial charge in [-0.15, -0.1) is 0 Å². The maximum Gasteiger partial charge on any atom is 0.318 e. The van der Waals surface area contributed by atoms with Crippen LogP contribution in [-0.4, -0.2) is 68.8 Å². The Balaban J connectivity index is 1.63. The molecule has 1 aliphatic heterocycles. The molecule has 3 heterocycles. The van der Waals surface area contributed by atoms with Gasteiger partial charge < -0.3 is 15.4 Å². The normalized spacial score (nSPS) is 24.2. The van der Waals surface area contributed by atoms with Crippen LogP contribution in [0.4, 0.5) is 5.95 Å². The van der Waals surface area contributed by atoms with Crippen molar-refractivity contribution in [3.05, 3.63) is 26.9 Å². The number of sulfonamides is 1. The summed E-state index contributed by atoms with van der Waals surface area (Å²) in [5.74, 6) is 0.294. The summed E-state index contributed by atoms with van der Waals surface area (Å²) in [7, 11) is -3.20. The first-order valence-electron chi connectivity index (χ1n) is 9.65. The number of aliphatic hydroxyl groups excluding tert-OH is 1. The summed E-state index contributed by atoms with van der Waals surface area (Å²) in [4.78, 5) is 35.7. The molecule has 0 amide bonds. The Labute approximate surface area is 166 Å². The monoisotopic (exact) mass is 424 g/mol. The molecule has 2 aromatic heterocycles. The molecular formula is C17H24N6O5S. The summed E-state index contributed by atoms with van der Waals surface area (Å²) in [6.45, 7) is 0.826. The molecule has 11 nitrogen and oxygen atoms in total. The van der Waals surface area contributed by atoms with Crippen LogP contribution in [-0.2, 0) is 10.0 Å². The quantitative estimate of drug-likeness (QED) is 0.551. The minimum Gasteiger partial charge on any atom is -0.391 e. The van der Waals surface area contributed by atoms with Gasteiger partial charge in [0.15, 0.2) is 5.65 Å². The number of hydrogen-bond donors (Lipinski definition) is 3. The van der Waals surface area contributed by atoms with Crippen LogP contribution < -0.4 is 16.4 Å². The van der Waals surface area contributed by atoms with Gasteiger partial charge in [0.2, 0.25) is 16.0 Å². The van der Waals surface area contributed by atoms with E-state index in [4.69, 9.17) is 0 Å². The molecule has 2 aliphatic rings. The average Bonchev–Trinajstić information content (AvgIpc) is 3.08. The molecule has 1 saturated carbocycles. The zero-order chi connectivity index (χ0) is 20.8. The number of aliphatic hydroxyl groups is 1. The van der Waals surface area contributed by atoms with Gasteiger partial charge in [0.25, 0.3) is 0 Å². The van der Waals surface area contributed by atoms with Gasteiger partial charge in [-0.05, 0) is 32.1 Å². The number of H-pyrrole nitrogens is 1. The fraction of sp³-hybridized carbons (Fsp3) is 0.647. The standard InChI is InChI=1S/C17H24N6O5S/c1-29(27,28)22-7-5-10(6-8-22)19-17-18-9-11-14(21-17)23(16(26)15(25)20-11)12-3-2-4-13(12)24/h9-10,12-13,24H,2-8H2,1H3,(H,20,25)(H,18,19,21)/t12-,13-/m1/s1. The lowest BCUT2D eigenvalue weighted by Crippen LogP contribution is -2.42. The average molecular weight is 424 g/mol. The Hall–Kier alpha value is -2.31. The summed E-state index contributed by atoms with van der Waals surface area (Å²) in [6, 6.07) is -0.501. The topological polar surface area (TPSA) is 150 Å². The minimum atomic E-state index is -3.20. The van der Waals surface area contributed by atoms with Crippen LogP contribution in [0.15, 0.2) is 15.8 Å². The summed E-state index contributed by atoms with van der Waals surface area (Å²) in [6.07, 6.45) is 5.07. The van der Waals surface area contributed by atoms with E-state index in [0.29, 0.717) is 50.2 Å². The Kier molecular flexibility index (Phi) is 5.17. The molecule has 1 saturated heterocycles. The molecule has 158 valence electrons. The van der Waals surface area contributed by atoms with Crippen molar-refractivity contribution in [1.29, 1.82) is 0 Å². The molecule has 29 heavy (non-hydrogen) atoms. The first kappa shape index (κ1) is 20.0. The van der Waals surface area contributed by atoms with Gasteiger partial charge in [-0.1, -0.05) is 0 Å². The van der Waals surface area contributed by atoms with E-state index in [1.165, 1.54) is 21.3 Å². The molecule has 12 heteroatoms. The zero-order valence-corrected chi connectivity index (χ0v) is 16.9. The Bertz CT molecular complexity index is 1140. The number of aromatic amines is 1. The van der Waals surface area contributed by atoms with E-state index in [1.54, 1.807) is 0 Å². The van der Waals surface area contributed by atoms with Crippen molar-refractivity contribution < 1.29 is 13.5 Å². The van der Waals surface area contributed by atoms with Crippen LogP contribution in [0.25, 0.3) is 11.2 Å².